The van der Waals surface area contributed by atoms with Gasteiger partial charge in [0.1, 0.15) is 5.60 Å². The lowest BCUT2D eigenvalue weighted by Gasteiger charge is -2.27. The molecule has 3 atom stereocenters. The van der Waals surface area contributed by atoms with E-state index in [4.69, 9.17) is 14.9 Å². The van der Waals surface area contributed by atoms with Crippen LogP contribution in [0.15, 0.2) is 24.3 Å². The molecule has 3 unspecified atom stereocenters. The van der Waals surface area contributed by atoms with Crippen molar-refractivity contribution in [2.24, 2.45) is 0 Å². The first kappa shape index (κ1) is 18.3. The zero-order valence-electron chi connectivity index (χ0n) is 12.0. The van der Waals surface area contributed by atoms with Gasteiger partial charge in [-0.1, -0.05) is 18.2 Å². The van der Waals surface area contributed by atoms with Crippen molar-refractivity contribution >= 4 is 11.9 Å². The molecule has 0 fully saturated rings. The average molecular weight is 286 g/mol. The maximum atomic E-state index is 11.6. The smallest absolute Gasteiger partial charge is 0.339 e. The molecule has 0 heterocycles. The summed E-state index contributed by atoms with van der Waals surface area (Å²) in [5.41, 5.74) is 0.0754. The van der Waals surface area contributed by atoms with Gasteiger partial charge >= 0.3 is 11.9 Å². The zero-order chi connectivity index (χ0) is 15.9. The quantitative estimate of drug-likeness (QED) is 0.455. The van der Waals surface area contributed by atoms with Gasteiger partial charge < -0.3 is 20.1 Å². The molecule has 0 saturated heterocycles. The first-order chi connectivity index (χ1) is 9.13. The Kier molecular flexibility index (Phi) is 7.17. The number of carbonyl (C=O) groups excluding carboxylic acids is 1. The van der Waals surface area contributed by atoms with Crippen LogP contribution in [0.4, 0.5) is 0 Å². The average Bonchev–Trinajstić information content (AvgIpc) is 2.36. The predicted octanol–water partition coefficient (Wildman–Crippen LogP) is 1.03. The topological polar surface area (TPSA) is 104 Å². The molecule has 0 aromatic rings. The summed E-state index contributed by atoms with van der Waals surface area (Å²) in [7, 11) is 0. The molecular formula is C14H22O6. The molecule has 0 spiro atoms. The molecule has 0 aliphatic rings. The summed E-state index contributed by atoms with van der Waals surface area (Å²) in [5, 5.41) is 27.0. The standard InChI is InChI=1S/C14H22O6/c1-5-14(4,8-6-7-9(2)3)20-13(19)11(16)10(15)12(17)18/h5,7,10-11,15-16H,1,6,8H2,2-4H3,(H,17,18). The lowest BCUT2D eigenvalue weighted by Crippen LogP contribution is -2.44. The molecule has 0 saturated carbocycles. The molecule has 0 rings (SSSR count). The van der Waals surface area contributed by atoms with E-state index in [1.807, 2.05) is 19.9 Å². The second-order valence-electron chi connectivity index (χ2n) is 4.99. The van der Waals surface area contributed by atoms with Gasteiger partial charge in [-0.25, -0.2) is 9.59 Å². The number of aliphatic hydroxyl groups is 2. The highest BCUT2D eigenvalue weighted by molar-refractivity contribution is 5.84. The fourth-order valence-electron chi connectivity index (χ4n) is 1.40. The molecule has 0 aliphatic heterocycles. The number of hydrogen-bond acceptors (Lipinski definition) is 5. The molecule has 0 radical (unpaired) electrons. The van der Waals surface area contributed by atoms with Crippen molar-refractivity contribution < 1.29 is 29.6 Å². The van der Waals surface area contributed by atoms with Crippen molar-refractivity contribution in [1.29, 1.82) is 0 Å². The van der Waals surface area contributed by atoms with Crippen molar-refractivity contribution in [3.63, 3.8) is 0 Å². The summed E-state index contributed by atoms with van der Waals surface area (Å²) in [6.45, 7) is 9.03. The number of allylic oxidation sites excluding steroid dienone is 2. The predicted molar refractivity (Wildman–Crippen MR) is 73.0 cm³/mol. The Bertz CT molecular complexity index is 396. The number of carboxylic acid groups (broad SMARTS) is 1. The molecule has 0 aromatic heterocycles. The number of rotatable bonds is 8. The van der Waals surface area contributed by atoms with Crippen LogP contribution in [0.5, 0.6) is 0 Å². The van der Waals surface area contributed by atoms with Gasteiger partial charge in [0.25, 0.3) is 0 Å². The molecular weight excluding hydrogens is 264 g/mol. The van der Waals surface area contributed by atoms with Gasteiger partial charge in [0.05, 0.1) is 0 Å². The maximum Gasteiger partial charge on any atom is 0.339 e. The fraction of sp³-hybridized carbons (Fsp3) is 0.571. The van der Waals surface area contributed by atoms with Crippen LogP contribution >= 0.6 is 0 Å². The van der Waals surface area contributed by atoms with Crippen LogP contribution in [0.25, 0.3) is 0 Å². The van der Waals surface area contributed by atoms with Gasteiger partial charge in [0.15, 0.2) is 12.2 Å². The monoisotopic (exact) mass is 286 g/mol. The minimum Gasteiger partial charge on any atom is -0.479 e. The SMILES string of the molecule is C=CC(C)(CCC=C(C)C)OC(=O)C(O)C(O)C(=O)O. The summed E-state index contributed by atoms with van der Waals surface area (Å²) in [6.07, 6.45) is 0.0883. The summed E-state index contributed by atoms with van der Waals surface area (Å²) in [6, 6.07) is 0. The van der Waals surface area contributed by atoms with Gasteiger partial charge in [-0.15, -0.1) is 0 Å². The minimum absolute atomic E-state index is 0.434. The number of aliphatic carboxylic acids is 1. The second kappa shape index (κ2) is 7.81. The van der Waals surface area contributed by atoms with Crippen LogP contribution in [0.3, 0.4) is 0 Å². The summed E-state index contributed by atoms with van der Waals surface area (Å²) < 4.78 is 5.04. The third kappa shape index (κ3) is 5.99. The highest BCUT2D eigenvalue weighted by atomic mass is 16.6. The lowest BCUT2D eigenvalue weighted by molar-refractivity contribution is -0.177. The van der Waals surface area contributed by atoms with Crippen molar-refractivity contribution in [2.75, 3.05) is 0 Å². The molecule has 3 N–H and O–H groups in total. The van der Waals surface area contributed by atoms with E-state index in [1.54, 1.807) is 6.92 Å². The summed E-state index contributed by atoms with van der Waals surface area (Å²) in [5.74, 6) is -2.89. The van der Waals surface area contributed by atoms with Crippen LogP contribution < -0.4 is 0 Å². The molecule has 114 valence electrons. The molecule has 0 aromatic carbocycles. The number of ether oxygens (including phenoxy) is 1. The van der Waals surface area contributed by atoms with Crippen LogP contribution in [0, 0.1) is 0 Å². The van der Waals surface area contributed by atoms with Crippen molar-refractivity contribution in [2.45, 2.75) is 51.4 Å². The van der Waals surface area contributed by atoms with Crippen LogP contribution in [0.2, 0.25) is 0 Å². The van der Waals surface area contributed by atoms with E-state index in [9.17, 15) is 14.7 Å². The Hall–Kier alpha value is -1.66. The normalized spacial score (nSPS) is 16.4. The van der Waals surface area contributed by atoms with Gasteiger partial charge in [-0.05, 0) is 39.7 Å². The first-order valence-electron chi connectivity index (χ1n) is 6.21. The molecule has 6 nitrogen and oxygen atoms in total. The first-order valence-corrected chi connectivity index (χ1v) is 6.21. The molecule has 0 bridgehead atoms. The van der Waals surface area contributed by atoms with Gasteiger partial charge in [0, 0.05) is 0 Å². The Labute approximate surface area is 118 Å². The number of esters is 1. The second-order valence-corrected chi connectivity index (χ2v) is 4.99. The molecule has 20 heavy (non-hydrogen) atoms. The van der Waals surface area contributed by atoms with Crippen molar-refractivity contribution in [1.82, 2.24) is 0 Å². The van der Waals surface area contributed by atoms with E-state index in [-0.39, 0.29) is 0 Å². The van der Waals surface area contributed by atoms with E-state index < -0.39 is 29.7 Å². The molecule has 0 aliphatic carbocycles. The third-order valence-electron chi connectivity index (χ3n) is 2.75. The van der Waals surface area contributed by atoms with Crippen LogP contribution in [0.1, 0.15) is 33.6 Å². The number of carbonyl (C=O) groups is 2. The van der Waals surface area contributed by atoms with Crippen LogP contribution in [-0.2, 0) is 14.3 Å². The maximum absolute atomic E-state index is 11.6. The van der Waals surface area contributed by atoms with E-state index in [0.29, 0.717) is 12.8 Å². The third-order valence-corrected chi connectivity index (χ3v) is 2.75. The number of hydrogen-bond donors (Lipinski definition) is 3. The molecule has 0 amide bonds. The Morgan fingerprint density at radius 1 is 1.30 bits per heavy atom. The summed E-state index contributed by atoms with van der Waals surface area (Å²) in [4.78, 5) is 22.1. The van der Waals surface area contributed by atoms with Crippen LogP contribution in [-0.4, -0.2) is 45.1 Å². The number of aliphatic hydroxyl groups excluding tert-OH is 2. The lowest BCUT2D eigenvalue weighted by atomic mass is 9.99. The van der Waals surface area contributed by atoms with Gasteiger partial charge in [0.2, 0.25) is 0 Å². The highest BCUT2D eigenvalue weighted by Crippen LogP contribution is 2.21. The van der Waals surface area contributed by atoms with Gasteiger partial charge in [-0.3, -0.25) is 0 Å². The summed E-state index contributed by atoms with van der Waals surface area (Å²) >= 11 is 0. The van der Waals surface area contributed by atoms with E-state index >= 15 is 0 Å². The van der Waals surface area contributed by atoms with E-state index in [0.717, 1.165) is 5.57 Å². The Morgan fingerprint density at radius 2 is 1.85 bits per heavy atom. The van der Waals surface area contributed by atoms with E-state index in [1.165, 1.54) is 6.08 Å². The zero-order valence-corrected chi connectivity index (χ0v) is 12.0. The largest absolute Gasteiger partial charge is 0.479 e. The fourth-order valence-corrected chi connectivity index (χ4v) is 1.40. The van der Waals surface area contributed by atoms with Crippen molar-refractivity contribution in [3.8, 4) is 0 Å². The van der Waals surface area contributed by atoms with Crippen molar-refractivity contribution in [3.05, 3.63) is 24.3 Å². The molecule has 6 heteroatoms. The Balaban J connectivity index is 4.69. The highest BCUT2D eigenvalue weighted by Gasteiger charge is 2.35. The number of carboxylic acids is 1. The van der Waals surface area contributed by atoms with Gasteiger partial charge in [-0.2, -0.15) is 0 Å². The van der Waals surface area contributed by atoms with E-state index in [2.05, 4.69) is 6.58 Å². The minimum atomic E-state index is -2.21. The Morgan fingerprint density at radius 3 is 2.25 bits per heavy atom.